The molecule has 1 amide bonds. The molecule has 158 valence electrons. The van der Waals surface area contributed by atoms with Crippen molar-refractivity contribution < 1.29 is 4.79 Å². The van der Waals surface area contributed by atoms with Crippen molar-refractivity contribution in [2.24, 2.45) is 0 Å². The van der Waals surface area contributed by atoms with Gasteiger partial charge in [-0.1, -0.05) is 31.2 Å². The number of hydrogen-bond acceptors (Lipinski definition) is 6. The second kappa shape index (κ2) is 7.92. The third-order valence-corrected chi connectivity index (χ3v) is 5.43. The number of nitrogens with zero attached hydrogens (tertiary/aromatic N) is 6. The second-order valence-electron chi connectivity index (χ2n) is 7.69. The average molecular weight is 416 g/mol. The van der Waals surface area contributed by atoms with Gasteiger partial charge in [0.1, 0.15) is 11.5 Å². The lowest BCUT2D eigenvalue weighted by Crippen LogP contribution is -2.28. The number of carbonyl (C=O) groups excluding carboxylic acids is 1. The van der Waals surface area contributed by atoms with Gasteiger partial charge in [-0.25, -0.2) is 19.6 Å². The summed E-state index contributed by atoms with van der Waals surface area (Å²) < 4.78 is 3.73. The highest BCUT2D eigenvalue weighted by atomic mass is 16.1. The minimum absolute atomic E-state index is 0.156. The van der Waals surface area contributed by atoms with Crippen LogP contribution in [0.3, 0.4) is 0 Å². The first kappa shape index (κ1) is 19.4. The van der Waals surface area contributed by atoms with Crippen LogP contribution in [0.15, 0.2) is 36.7 Å². The summed E-state index contributed by atoms with van der Waals surface area (Å²) in [7, 11) is 0. The van der Waals surface area contributed by atoms with Crippen molar-refractivity contribution >= 4 is 11.7 Å². The molecule has 1 aromatic carbocycles. The summed E-state index contributed by atoms with van der Waals surface area (Å²) in [6, 6.07) is 7.98. The van der Waals surface area contributed by atoms with Crippen molar-refractivity contribution in [1.82, 2.24) is 39.8 Å². The molecular formula is C22H24N8O. The number of rotatable bonds is 5. The van der Waals surface area contributed by atoms with E-state index in [-0.39, 0.29) is 5.91 Å². The van der Waals surface area contributed by atoms with E-state index in [1.165, 1.54) is 0 Å². The first-order valence-electron chi connectivity index (χ1n) is 10.5. The van der Waals surface area contributed by atoms with Gasteiger partial charge in [-0.2, -0.15) is 5.10 Å². The van der Waals surface area contributed by atoms with E-state index in [1.807, 2.05) is 49.0 Å². The SMILES string of the molecule is CCc1nc2ncc(C)cn2c1C(=O)NCc1ccc(-c2nc3n(n2)CCNC3)cc1. The summed E-state index contributed by atoms with van der Waals surface area (Å²) in [6.07, 6.45) is 4.31. The molecule has 0 unspecified atom stereocenters. The van der Waals surface area contributed by atoms with Crippen LogP contribution in [0, 0.1) is 6.92 Å². The van der Waals surface area contributed by atoms with E-state index in [4.69, 9.17) is 0 Å². The number of aryl methyl sites for hydroxylation is 2. The minimum atomic E-state index is -0.156. The van der Waals surface area contributed by atoms with Crippen molar-refractivity contribution in [2.45, 2.75) is 39.9 Å². The van der Waals surface area contributed by atoms with E-state index in [9.17, 15) is 4.79 Å². The Kier molecular flexibility index (Phi) is 4.95. The van der Waals surface area contributed by atoms with E-state index in [1.54, 1.807) is 10.6 Å². The van der Waals surface area contributed by atoms with Gasteiger partial charge in [-0.15, -0.1) is 0 Å². The van der Waals surface area contributed by atoms with Crippen molar-refractivity contribution in [1.29, 1.82) is 0 Å². The fourth-order valence-electron chi connectivity index (χ4n) is 3.79. The molecule has 0 spiro atoms. The van der Waals surface area contributed by atoms with Gasteiger partial charge in [0.2, 0.25) is 5.78 Å². The third kappa shape index (κ3) is 3.68. The second-order valence-corrected chi connectivity index (χ2v) is 7.69. The topological polar surface area (TPSA) is 102 Å². The zero-order valence-corrected chi connectivity index (χ0v) is 17.6. The van der Waals surface area contributed by atoms with Crippen LogP contribution < -0.4 is 10.6 Å². The average Bonchev–Trinajstić information content (AvgIpc) is 3.39. The van der Waals surface area contributed by atoms with Gasteiger partial charge in [0.05, 0.1) is 18.8 Å². The summed E-state index contributed by atoms with van der Waals surface area (Å²) >= 11 is 0. The number of nitrogens with one attached hydrogen (secondary N) is 2. The lowest BCUT2D eigenvalue weighted by Gasteiger charge is -2.11. The number of fused-ring (bicyclic) bond motifs is 2. The van der Waals surface area contributed by atoms with Crippen LogP contribution in [0.25, 0.3) is 17.2 Å². The zero-order chi connectivity index (χ0) is 21.4. The Balaban J connectivity index is 1.31. The molecule has 1 aliphatic rings. The number of carbonyl (C=O) groups is 1. The predicted octanol–water partition coefficient (Wildman–Crippen LogP) is 1.89. The Labute approximate surface area is 179 Å². The molecule has 0 atom stereocenters. The van der Waals surface area contributed by atoms with Crippen molar-refractivity contribution in [3.05, 3.63) is 65.0 Å². The van der Waals surface area contributed by atoms with Crippen LogP contribution in [0.4, 0.5) is 0 Å². The first-order chi connectivity index (χ1) is 15.1. The maximum Gasteiger partial charge on any atom is 0.270 e. The highest BCUT2D eigenvalue weighted by Crippen LogP contribution is 2.18. The van der Waals surface area contributed by atoms with E-state index >= 15 is 0 Å². The Morgan fingerprint density at radius 3 is 2.84 bits per heavy atom. The Morgan fingerprint density at radius 1 is 1.23 bits per heavy atom. The molecule has 0 saturated carbocycles. The smallest absolute Gasteiger partial charge is 0.270 e. The van der Waals surface area contributed by atoms with E-state index in [0.717, 1.165) is 53.7 Å². The van der Waals surface area contributed by atoms with Crippen LogP contribution >= 0.6 is 0 Å². The molecule has 0 radical (unpaired) electrons. The van der Waals surface area contributed by atoms with E-state index in [2.05, 4.69) is 30.7 Å². The third-order valence-electron chi connectivity index (χ3n) is 5.43. The van der Waals surface area contributed by atoms with E-state index < -0.39 is 0 Å². The molecule has 4 aromatic rings. The van der Waals surface area contributed by atoms with Crippen molar-refractivity contribution in [3.63, 3.8) is 0 Å². The van der Waals surface area contributed by atoms with Crippen LogP contribution in [0.1, 0.15) is 40.1 Å². The van der Waals surface area contributed by atoms with Gasteiger partial charge in [0, 0.05) is 31.0 Å². The summed E-state index contributed by atoms with van der Waals surface area (Å²) in [4.78, 5) is 26.4. The largest absolute Gasteiger partial charge is 0.347 e. The molecule has 9 nitrogen and oxygen atoms in total. The molecule has 0 saturated heterocycles. The molecule has 9 heteroatoms. The van der Waals surface area contributed by atoms with Crippen LogP contribution in [-0.2, 0) is 26.1 Å². The summed E-state index contributed by atoms with van der Waals surface area (Å²) in [6.45, 7) is 6.85. The minimum Gasteiger partial charge on any atom is -0.347 e. The fourth-order valence-corrected chi connectivity index (χ4v) is 3.79. The Hall–Kier alpha value is -3.59. The van der Waals surface area contributed by atoms with Gasteiger partial charge in [-0.05, 0) is 24.5 Å². The van der Waals surface area contributed by atoms with Crippen LogP contribution in [0.2, 0.25) is 0 Å². The zero-order valence-electron chi connectivity index (χ0n) is 17.6. The Bertz CT molecular complexity index is 1230. The molecule has 1 aliphatic heterocycles. The highest BCUT2D eigenvalue weighted by Gasteiger charge is 2.19. The molecule has 4 heterocycles. The van der Waals surface area contributed by atoms with Crippen molar-refractivity contribution in [2.75, 3.05) is 6.54 Å². The van der Waals surface area contributed by atoms with Gasteiger partial charge >= 0.3 is 0 Å². The van der Waals surface area contributed by atoms with Gasteiger partial charge in [0.25, 0.3) is 5.91 Å². The fraction of sp³-hybridized carbons (Fsp3) is 0.318. The molecule has 31 heavy (non-hydrogen) atoms. The highest BCUT2D eigenvalue weighted by molar-refractivity contribution is 5.94. The van der Waals surface area contributed by atoms with E-state index in [0.29, 0.717) is 24.4 Å². The lowest BCUT2D eigenvalue weighted by atomic mass is 10.1. The summed E-state index contributed by atoms with van der Waals surface area (Å²) in [5.41, 5.74) is 4.24. The molecule has 3 aromatic heterocycles. The first-order valence-corrected chi connectivity index (χ1v) is 10.5. The van der Waals surface area contributed by atoms with Crippen LogP contribution in [0.5, 0.6) is 0 Å². The number of amides is 1. The van der Waals surface area contributed by atoms with Gasteiger partial charge in [0.15, 0.2) is 5.82 Å². The summed E-state index contributed by atoms with van der Waals surface area (Å²) in [5.74, 6) is 2.08. The molecule has 0 bridgehead atoms. The molecule has 5 rings (SSSR count). The quantitative estimate of drug-likeness (QED) is 0.515. The summed E-state index contributed by atoms with van der Waals surface area (Å²) in [5, 5.41) is 10.9. The number of benzene rings is 1. The van der Waals surface area contributed by atoms with Gasteiger partial charge < -0.3 is 10.6 Å². The van der Waals surface area contributed by atoms with Crippen molar-refractivity contribution in [3.8, 4) is 11.4 Å². The molecule has 2 N–H and O–H groups in total. The maximum absolute atomic E-state index is 13.0. The molecular weight excluding hydrogens is 392 g/mol. The van der Waals surface area contributed by atoms with Crippen LogP contribution in [-0.4, -0.2) is 41.6 Å². The maximum atomic E-state index is 13.0. The molecule has 0 aliphatic carbocycles. The molecule has 0 fully saturated rings. The monoisotopic (exact) mass is 416 g/mol. The number of aromatic nitrogens is 6. The Morgan fingerprint density at radius 2 is 2.06 bits per heavy atom. The lowest BCUT2D eigenvalue weighted by molar-refractivity contribution is 0.0944. The van der Waals surface area contributed by atoms with Gasteiger partial charge in [-0.3, -0.25) is 9.20 Å². The standard InChI is InChI=1S/C22H24N8O/c1-3-17-19(29-13-14(2)10-25-22(29)26-17)21(31)24-11-15-4-6-16(7-5-15)20-27-18-12-23-8-9-30(18)28-20/h4-7,10,13,23H,3,8-9,11-12H2,1-2H3,(H,24,31). The normalized spacial score (nSPS) is 13.4. The predicted molar refractivity (Wildman–Crippen MR) is 115 cm³/mol. The number of hydrogen-bond donors (Lipinski definition) is 2. The number of imidazole rings is 1.